The minimum absolute atomic E-state index is 0.00641. The van der Waals surface area contributed by atoms with Crippen LogP contribution in [0.15, 0.2) is 48.8 Å². The molecule has 3 rings (SSSR count). The van der Waals surface area contributed by atoms with Crippen molar-refractivity contribution in [2.24, 2.45) is 0 Å². The molecule has 0 aliphatic carbocycles. The Balaban J connectivity index is 2.17. The van der Waals surface area contributed by atoms with E-state index in [4.69, 9.17) is 9.47 Å². The van der Waals surface area contributed by atoms with E-state index in [0.717, 1.165) is 0 Å². The Hall–Kier alpha value is -2.85. The first-order valence-corrected chi connectivity index (χ1v) is 11.2. The van der Waals surface area contributed by atoms with E-state index in [2.05, 4.69) is 15.3 Å². The van der Waals surface area contributed by atoms with Gasteiger partial charge in [0.05, 0.1) is 36.7 Å². The molecule has 0 bridgehead atoms. The molecule has 160 valence electrons. The van der Waals surface area contributed by atoms with Crippen LogP contribution in [-0.4, -0.2) is 54.0 Å². The maximum absolute atomic E-state index is 13.6. The standard InChI is InChI=1S/C20H23N3O6S/c1-3-28-19(24)17-15(13-9-5-7-11-21-13)23-16(14-10-6-8-12-22-14)18(30(17,26)27)20(25)29-4-2/h5-12,15-18,23H,3-4H2,1-2H3. The number of pyridine rings is 2. The van der Waals surface area contributed by atoms with Crippen LogP contribution in [0.5, 0.6) is 0 Å². The number of nitrogens with zero attached hydrogens (tertiary/aromatic N) is 2. The molecule has 1 N–H and O–H groups in total. The molecule has 1 aliphatic heterocycles. The zero-order valence-corrected chi connectivity index (χ0v) is 17.4. The summed E-state index contributed by atoms with van der Waals surface area (Å²) in [6.45, 7) is 3.15. The second-order valence-corrected chi connectivity index (χ2v) is 8.76. The zero-order valence-electron chi connectivity index (χ0n) is 16.6. The van der Waals surface area contributed by atoms with Crippen LogP contribution < -0.4 is 5.32 Å². The predicted molar refractivity (Wildman–Crippen MR) is 107 cm³/mol. The third-order valence-corrected chi connectivity index (χ3v) is 7.07. The summed E-state index contributed by atoms with van der Waals surface area (Å²) < 4.78 is 37.3. The van der Waals surface area contributed by atoms with E-state index in [1.54, 1.807) is 50.2 Å². The number of esters is 2. The highest BCUT2D eigenvalue weighted by Gasteiger charge is 2.57. The lowest BCUT2D eigenvalue weighted by atomic mass is 10.0. The van der Waals surface area contributed by atoms with E-state index in [1.165, 1.54) is 12.4 Å². The Morgan fingerprint density at radius 3 is 1.63 bits per heavy atom. The molecule has 30 heavy (non-hydrogen) atoms. The molecule has 1 aliphatic rings. The molecule has 2 aromatic rings. The van der Waals surface area contributed by atoms with Crippen molar-refractivity contribution in [2.75, 3.05) is 13.2 Å². The van der Waals surface area contributed by atoms with Gasteiger partial charge in [-0.1, -0.05) is 12.1 Å². The Bertz CT molecular complexity index is 911. The first-order valence-electron chi connectivity index (χ1n) is 9.55. The molecular weight excluding hydrogens is 410 g/mol. The van der Waals surface area contributed by atoms with E-state index < -0.39 is 44.4 Å². The third kappa shape index (κ3) is 4.19. The first kappa shape index (κ1) is 21.8. The fraction of sp³-hybridized carbons (Fsp3) is 0.400. The lowest BCUT2D eigenvalue weighted by Crippen LogP contribution is -2.59. The monoisotopic (exact) mass is 433 g/mol. The fourth-order valence-corrected chi connectivity index (χ4v) is 5.68. The molecule has 3 heterocycles. The number of hydrogen-bond donors (Lipinski definition) is 1. The number of sulfone groups is 1. The van der Waals surface area contributed by atoms with Crippen molar-refractivity contribution < 1.29 is 27.5 Å². The second kappa shape index (κ2) is 9.31. The topological polar surface area (TPSA) is 125 Å². The second-order valence-electron chi connectivity index (χ2n) is 6.57. The van der Waals surface area contributed by atoms with E-state index in [1.807, 2.05) is 0 Å². The van der Waals surface area contributed by atoms with Gasteiger partial charge in [-0.25, -0.2) is 8.42 Å². The average Bonchev–Trinajstić information content (AvgIpc) is 2.73. The van der Waals surface area contributed by atoms with E-state index >= 15 is 0 Å². The highest BCUT2D eigenvalue weighted by atomic mass is 32.2. The van der Waals surface area contributed by atoms with Gasteiger partial charge in [-0.3, -0.25) is 24.9 Å². The van der Waals surface area contributed by atoms with Crippen LogP contribution in [0.4, 0.5) is 0 Å². The van der Waals surface area contributed by atoms with Crippen molar-refractivity contribution in [3.63, 3.8) is 0 Å². The molecule has 10 heteroatoms. The summed E-state index contributed by atoms with van der Waals surface area (Å²) in [6.07, 6.45) is 3.00. The molecular formula is C20H23N3O6S. The number of carbonyl (C=O) groups excluding carboxylic acids is 2. The van der Waals surface area contributed by atoms with Gasteiger partial charge in [-0.05, 0) is 38.1 Å². The highest BCUT2D eigenvalue weighted by molar-refractivity contribution is 7.94. The summed E-state index contributed by atoms with van der Waals surface area (Å²) in [7, 11) is -4.39. The molecule has 9 nitrogen and oxygen atoms in total. The lowest BCUT2D eigenvalue weighted by molar-refractivity contribution is -0.144. The van der Waals surface area contributed by atoms with Gasteiger partial charge < -0.3 is 9.47 Å². The molecule has 1 fully saturated rings. The molecule has 0 aromatic carbocycles. The normalized spacial score (nSPS) is 25.3. The average molecular weight is 433 g/mol. The van der Waals surface area contributed by atoms with E-state index in [0.29, 0.717) is 11.4 Å². The quantitative estimate of drug-likeness (QED) is 0.668. The highest BCUT2D eigenvalue weighted by Crippen LogP contribution is 2.38. The smallest absolute Gasteiger partial charge is 0.326 e. The molecule has 1 saturated heterocycles. The summed E-state index contributed by atoms with van der Waals surface area (Å²) in [5, 5.41) is -0.216. The number of aromatic nitrogens is 2. The molecule has 0 saturated carbocycles. The van der Waals surface area contributed by atoms with Crippen molar-refractivity contribution in [2.45, 2.75) is 36.4 Å². The van der Waals surface area contributed by atoms with Crippen molar-refractivity contribution in [1.82, 2.24) is 15.3 Å². The van der Waals surface area contributed by atoms with E-state index in [9.17, 15) is 18.0 Å². The number of nitrogens with one attached hydrogen (secondary N) is 1. The van der Waals surface area contributed by atoms with Crippen LogP contribution in [0.1, 0.15) is 37.3 Å². The lowest BCUT2D eigenvalue weighted by Gasteiger charge is -2.39. The molecule has 0 spiro atoms. The number of rotatable bonds is 6. The maximum atomic E-state index is 13.6. The van der Waals surface area contributed by atoms with Gasteiger partial charge >= 0.3 is 11.9 Å². The van der Waals surface area contributed by atoms with Gasteiger partial charge in [-0.2, -0.15) is 0 Å². The van der Waals surface area contributed by atoms with Crippen LogP contribution in [0.25, 0.3) is 0 Å². The zero-order chi connectivity index (χ0) is 21.7. The Labute approximate surface area is 174 Å². The number of hydrogen-bond acceptors (Lipinski definition) is 9. The van der Waals surface area contributed by atoms with Crippen molar-refractivity contribution in [3.8, 4) is 0 Å². The largest absolute Gasteiger partial charge is 0.465 e. The summed E-state index contributed by atoms with van der Waals surface area (Å²) in [4.78, 5) is 33.9. The first-order chi connectivity index (χ1) is 14.4. The van der Waals surface area contributed by atoms with Gasteiger partial charge in [0.25, 0.3) is 0 Å². The van der Waals surface area contributed by atoms with Crippen LogP contribution in [0, 0.1) is 0 Å². The Morgan fingerprint density at radius 2 is 1.30 bits per heavy atom. The molecule has 2 aromatic heterocycles. The van der Waals surface area contributed by atoms with Crippen molar-refractivity contribution in [1.29, 1.82) is 0 Å². The SMILES string of the molecule is CCOC(=O)C1C(c2ccccn2)NC(c2ccccn2)C(C(=O)OCC)S1(=O)=O. The van der Waals surface area contributed by atoms with Crippen LogP contribution in [0.2, 0.25) is 0 Å². The summed E-state index contributed by atoms with van der Waals surface area (Å²) >= 11 is 0. The molecule has 0 amide bonds. The van der Waals surface area contributed by atoms with Crippen LogP contribution in [-0.2, 0) is 28.9 Å². The molecule has 4 atom stereocenters. The summed E-state index contributed by atoms with van der Waals surface area (Å²) in [6, 6.07) is 7.88. The number of carbonyl (C=O) groups is 2. The van der Waals surface area contributed by atoms with Crippen molar-refractivity contribution >= 4 is 21.8 Å². The minimum atomic E-state index is -4.39. The number of ether oxygens (including phenoxy) is 2. The maximum Gasteiger partial charge on any atom is 0.326 e. The van der Waals surface area contributed by atoms with Crippen LogP contribution >= 0.6 is 0 Å². The summed E-state index contributed by atoms with van der Waals surface area (Å²) in [5.74, 6) is -1.90. The fourth-order valence-electron chi connectivity index (χ4n) is 3.50. The van der Waals surface area contributed by atoms with Gasteiger partial charge in [0.2, 0.25) is 0 Å². The van der Waals surface area contributed by atoms with E-state index in [-0.39, 0.29) is 13.2 Å². The Kier molecular flexibility index (Phi) is 6.78. The molecule has 0 radical (unpaired) electrons. The molecule has 4 unspecified atom stereocenters. The van der Waals surface area contributed by atoms with Gasteiger partial charge in [0, 0.05) is 12.4 Å². The van der Waals surface area contributed by atoms with Gasteiger partial charge in [0.15, 0.2) is 20.3 Å². The van der Waals surface area contributed by atoms with Gasteiger partial charge in [0.1, 0.15) is 0 Å². The predicted octanol–water partition coefficient (Wildman–Crippen LogP) is 1.14. The summed E-state index contributed by atoms with van der Waals surface area (Å²) in [5.41, 5.74) is 0.671. The third-order valence-electron chi connectivity index (χ3n) is 4.72. The minimum Gasteiger partial charge on any atom is -0.465 e. The van der Waals surface area contributed by atoms with Gasteiger partial charge in [-0.15, -0.1) is 0 Å². The van der Waals surface area contributed by atoms with Crippen LogP contribution in [0.3, 0.4) is 0 Å². The van der Waals surface area contributed by atoms with Crippen molar-refractivity contribution in [3.05, 3.63) is 60.2 Å². The Morgan fingerprint density at radius 1 is 0.867 bits per heavy atom.